The number of carbonyl (C=O) groups is 2. The maximum atomic E-state index is 12.4. The number of hydrogen-bond donors (Lipinski definition) is 1. The molecule has 1 N–H and O–H groups in total. The van der Waals surface area contributed by atoms with Crippen LogP contribution in [0.5, 0.6) is 0 Å². The van der Waals surface area contributed by atoms with E-state index in [1.165, 1.54) is 12.8 Å². The molecule has 0 unspecified atom stereocenters. The van der Waals surface area contributed by atoms with Gasteiger partial charge in [0.25, 0.3) is 0 Å². The van der Waals surface area contributed by atoms with E-state index in [4.69, 9.17) is 0 Å². The van der Waals surface area contributed by atoms with Crippen LogP contribution in [0.4, 0.5) is 0 Å². The van der Waals surface area contributed by atoms with Gasteiger partial charge >= 0.3 is 0 Å². The Hall–Kier alpha value is -1.50. The molecule has 132 valence electrons. The van der Waals surface area contributed by atoms with Gasteiger partial charge in [0.05, 0.1) is 0 Å². The second-order valence-corrected chi connectivity index (χ2v) is 8.10. The summed E-state index contributed by atoms with van der Waals surface area (Å²) in [6, 6.07) is 0. The first-order chi connectivity index (χ1) is 11.6. The van der Waals surface area contributed by atoms with Crippen molar-refractivity contribution < 1.29 is 9.59 Å². The van der Waals surface area contributed by atoms with Crippen molar-refractivity contribution in [2.24, 2.45) is 11.8 Å². The number of likely N-dealkylation sites (tertiary alicyclic amines) is 1. The van der Waals surface area contributed by atoms with Gasteiger partial charge in [-0.05, 0) is 32.6 Å². The van der Waals surface area contributed by atoms with E-state index in [1.54, 1.807) is 11.3 Å². The minimum Gasteiger partial charge on any atom is -0.355 e. The topological polar surface area (TPSA) is 75.2 Å². The van der Waals surface area contributed by atoms with Crippen LogP contribution < -0.4 is 5.32 Å². The first-order valence-electron chi connectivity index (χ1n) is 8.99. The van der Waals surface area contributed by atoms with Gasteiger partial charge in [-0.1, -0.05) is 12.8 Å². The van der Waals surface area contributed by atoms with E-state index in [2.05, 4.69) is 15.5 Å². The maximum Gasteiger partial charge on any atom is 0.225 e. The van der Waals surface area contributed by atoms with Crippen molar-refractivity contribution in [1.29, 1.82) is 0 Å². The molecule has 1 saturated carbocycles. The molecule has 3 rings (SSSR count). The van der Waals surface area contributed by atoms with E-state index < -0.39 is 0 Å². The standard InChI is InChI=1S/C17H26N4O2S/c1-12-19-20-15(24-12)6-9-18-16(22)13-7-10-21(11-8-13)17(23)14-4-2-3-5-14/h13-14H,2-11H2,1H3,(H,18,22). The number of rotatable bonds is 5. The van der Waals surface area contributed by atoms with Crippen LogP contribution in [0.15, 0.2) is 0 Å². The summed E-state index contributed by atoms with van der Waals surface area (Å²) in [6.45, 7) is 3.99. The van der Waals surface area contributed by atoms with Crippen molar-refractivity contribution in [3.05, 3.63) is 10.0 Å². The van der Waals surface area contributed by atoms with Crippen molar-refractivity contribution in [2.45, 2.75) is 51.9 Å². The maximum absolute atomic E-state index is 12.4. The number of hydrogen-bond acceptors (Lipinski definition) is 5. The van der Waals surface area contributed by atoms with Crippen molar-refractivity contribution in [3.8, 4) is 0 Å². The summed E-state index contributed by atoms with van der Waals surface area (Å²) >= 11 is 1.57. The van der Waals surface area contributed by atoms with E-state index in [0.29, 0.717) is 12.5 Å². The van der Waals surface area contributed by atoms with Crippen molar-refractivity contribution >= 4 is 23.2 Å². The Morgan fingerprint density at radius 1 is 1.12 bits per heavy atom. The van der Waals surface area contributed by atoms with Gasteiger partial charge in [-0.25, -0.2) is 0 Å². The summed E-state index contributed by atoms with van der Waals surface area (Å²) in [7, 11) is 0. The zero-order chi connectivity index (χ0) is 16.9. The van der Waals surface area contributed by atoms with Gasteiger partial charge in [0.1, 0.15) is 10.0 Å². The number of nitrogens with zero attached hydrogens (tertiary/aromatic N) is 3. The SMILES string of the molecule is Cc1nnc(CCNC(=O)C2CCN(C(=O)C3CCCC3)CC2)s1. The Labute approximate surface area is 147 Å². The van der Waals surface area contributed by atoms with Gasteiger partial charge in [-0.2, -0.15) is 0 Å². The summed E-state index contributed by atoms with van der Waals surface area (Å²) in [4.78, 5) is 26.7. The van der Waals surface area contributed by atoms with Gasteiger partial charge in [0.15, 0.2) is 0 Å². The van der Waals surface area contributed by atoms with E-state index >= 15 is 0 Å². The number of piperidine rings is 1. The molecule has 1 saturated heterocycles. The lowest BCUT2D eigenvalue weighted by atomic mass is 9.94. The molecule has 1 aromatic rings. The number of carbonyl (C=O) groups excluding carboxylic acids is 2. The molecule has 2 amide bonds. The lowest BCUT2D eigenvalue weighted by Crippen LogP contribution is -2.45. The Morgan fingerprint density at radius 2 is 1.83 bits per heavy atom. The molecule has 0 radical (unpaired) electrons. The van der Waals surface area contributed by atoms with Gasteiger partial charge in [0, 0.05) is 37.9 Å². The molecule has 0 aromatic carbocycles. The van der Waals surface area contributed by atoms with Crippen molar-refractivity contribution in [2.75, 3.05) is 19.6 Å². The average Bonchev–Trinajstić information content (AvgIpc) is 3.26. The minimum absolute atomic E-state index is 0.0359. The molecule has 0 atom stereocenters. The predicted molar refractivity (Wildman–Crippen MR) is 92.6 cm³/mol. The zero-order valence-corrected chi connectivity index (χ0v) is 15.1. The highest BCUT2D eigenvalue weighted by Gasteiger charge is 2.31. The third-order valence-electron chi connectivity index (χ3n) is 5.09. The van der Waals surface area contributed by atoms with E-state index in [9.17, 15) is 9.59 Å². The molecule has 0 bridgehead atoms. The van der Waals surface area contributed by atoms with Crippen LogP contribution in [0.3, 0.4) is 0 Å². The highest BCUT2D eigenvalue weighted by atomic mass is 32.1. The quantitative estimate of drug-likeness (QED) is 0.880. The summed E-state index contributed by atoms with van der Waals surface area (Å²) in [5, 5.41) is 13.0. The monoisotopic (exact) mass is 350 g/mol. The Kier molecular flexibility index (Phi) is 5.81. The fourth-order valence-electron chi connectivity index (χ4n) is 3.67. The van der Waals surface area contributed by atoms with Crippen molar-refractivity contribution in [3.63, 3.8) is 0 Å². The smallest absolute Gasteiger partial charge is 0.225 e. The number of aryl methyl sites for hydroxylation is 1. The third-order valence-corrected chi connectivity index (χ3v) is 5.99. The molecule has 1 aromatic heterocycles. The van der Waals surface area contributed by atoms with Gasteiger partial charge in [0.2, 0.25) is 11.8 Å². The molecule has 2 fully saturated rings. The molecule has 7 heteroatoms. The first kappa shape index (κ1) is 17.3. The van der Waals surface area contributed by atoms with Crippen LogP contribution in [0.25, 0.3) is 0 Å². The van der Waals surface area contributed by atoms with Gasteiger partial charge in [-0.15, -0.1) is 21.5 Å². The molecule has 1 aliphatic heterocycles. The highest BCUT2D eigenvalue weighted by molar-refractivity contribution is 7.11. The average molecular weight is 350 g/mol. The normalized spacial score (nSPS) is 19.6. The fraction of sp³-hybridized carbons (Fsp3) is 0.765. The number of amides is 2. The largest absolute Gasteiger partial charge is 0.355 e. The Morgan fingerprint density at radius 3 is 2.46 bits per heavy atom. The van der Waals surface area contributed by atoms with Crippen molar-refractivity contribution in [1.82, 2.24) is 20.4 Å². The second kappa shape index (κ2) is 8.05. The summed E-state index contributed by atoms with van der Waals surface area (Å²) < 4.78 is 0. The minimum atomic E-state index is 0.0359. The second-order valence-electron chi connectivity index (χ2n) is 6.84. The van der Waals surface area contributed by atoms with Crippen LogP contribution in [-0.4, -0.2) is 46.5 Å². The molecular formula is C17H26N4O2S. The lowest BCUT2D eigenvalue weighted by molar-refractivity contribution is -0.139. The fourth-order valence-corrected chi connectivity index (χ4v) is 4.38. The highest BCUT2D eigenvalue weighted by Crippen LogP contribution is 2.28. The van der Waals surface area contributed by atoms with E-state index in [0.717, 1.165) is 55.2 Å². The molecule has 1 aliphatic carbocycles. The van der Waals surface area contributed by atoms with Crippen LogP contribution in [0.2, 0.25) is 0 Å². The Bertz CT molecular complexity index is 575. The number of nitrogens with one attached hydrogen (secondary N) is 1. The molecule has 0 spiro atoms. The van der Waals surface area contributed by atoms with Crippen LogP contribution in [0.1, 0.15) is 48.5 Å². The summed E-state index contributed by atoms with van der Waals surface area (Å²) in [6.07, 6.45) is 6.75. The van der Waals surface area contributed by atoms with Crippen LogP contribution in [-0.2, 0) is 16.0 Å². The Balaban J connectivity index is 1.37. The molecule has 24 heavy (non-hydrogen) atoms. The first-order valence-corrected chi connectivity index (χ1v) is 9.80. The van der Waals surface area contributed by atoms with Crippen LogP contribution >= 0.6 is 11.3 Å². The van der Waals surface area contributed by atoms with Gasteiger partial charge in [-0.3, -0.25) is 9.59 Å². The molecule has 2 heterocycles. The van der Waals surface area contributed by atoms with E-state index in [1.807, 2.05) is 11.8 Å². The summed E-state index contributed by atoms with van der Waals surface area (Å²) in [5.74, 6) is 0.710. The number of aromatic nitrogens is 2. The third kappa shape index (κ3) is 4.32. The van der Waals surface area contributed by atoms with Crippen LogP contribution in [0, 0.1) is 18.8 Å². The molecular weight excluding hydrogens is 324 g/mol. The van der Waals surface area contributed by atoms with E-state index in [-0.39, 0.29) is 17.7 Å². The zero-order valence-electron chi connectivity index (χ0n) is 14.3. The molecule has 2 aliphatic rings. The molecule has 6 nitrogen and oxygen atoms in total. The summed E-state index contributed by atoms with van der Waals surface area (Å²) in [5.41, 5.74) is 0. The lowest BCUT2D eigenvalue weighted by Gasteiger charge is -2.33. The van der Waals surface area contributed by atoms with Gasteiger partial charge < -0.3 is 10.2 Å². The predicted octanol–water partition coefficient (Wildman–Crippen LogP) is 1.93.